The first-order chi connectivity index (χ1) is 5.02. The third-order valence-electron chi connectivity index (χ3n) is 1.29. The summed E-state index contributed by atoms with van der Waals surface area (Å²) in [6.07, 6.45) is 0.518. The van der Waals surface area contributed by atoms with Gasteiger partial charge in [0.1, 0.15) is 0 Å². The van der Waals surface area contributed by atoms with Gasteiger partial charge >= 0.3 is 5.97 Å². The van der Waals surface area contributed by atoms with Crippen LogP contribution in [0.3, 0.4) is 0 Å². The summed E-state index contributed by atoms with van der Waals surface area (Å²) in [6, 6.07) is 0. The van der Waals surface area contributed by atoms with E-state index < -0.39 is 0 Å². The minimum Gasteiger partial charge on any atom is -0.466 e. The number of alkyl halides is 1. The summed E-state index contributed by atoms with van der Waals surface area (Å²) in [7, 11) is 0. The zero-order valence-electron chi connectivity index (χ0n) is 7.32. The first kappa shape index (κ1) is 11.2. The molecule has 0 aliphatic rings. The average molecular weight is 270 g/mol. The number of ether oxygens (including phenoxy) is 1. The van der Waals surface area contributed by atoms with Crippen LogP contribution >= 0.6 is 22.6 Å². The number of rotatable bonds is 4. The molecule has 66 valence electrons. The van der Waals surface area contributed by atoms with Gasteiger partial charge in [-0.3, -0.25) is 4.79 Å². The molecular weight excluding hydrogens is 255 g/mol. The smallest absolute Gasteiger partial charge is 0.306 e. The molecule has 0 aliphatic heterocycles. The molecular formula is C8H15IO2. The van der Waals surface area contributed by atoms with E-state index in [0.29, 0.717) is 13.0 Å². The van der Waals surface area contributed by atoms with Gasteiger partial charge < -0.3 is 4.74 Å². The molecule has 0 aromatic heterocycles. The lowest BCUT2D eigenvalue weighted by atomic mass is 9.92. The summed E-state index contributed by atoms with van der Waals surface area (Å²) < 4.78 is 5.81. The molecule has 0 bridgehead atoms. The van der Waals surface area contributed by atoms with E-state index in [9.17, 15) is 4.79 Å². The van der Waals surface area contributed by atoms with E-state index in [-0.39, 0.29) is 11.4 Å². The molecule has 0 rings (SSSR count). The number of hydrogen-bond acceptors (Lipinski definition) is 2. The van der Waals surface area contributed by atoms with Crippen molar-refractivity contribution >= 4 is 28.6 Å². The maximum absolute atomic E-state index is 11.0. The molecule has 0 heterocycles. The number of esters is 1. The van der Waals surface area contributed by atoms with Gasteiger partial charge in [0.15, 0.2) is 0 Å². The highest BCUT2D eigenvalue weighted by molar-refractivity contribution is 14.1. The number of carbonyl (C=O) groups is 1. The topological polar surface area (TPSA) is 26.3 Å². The fraction of sp³-hybridized carbons (Fsp3) is 0.875. The first-order valence-electron chi connectivity index (χ1n) is 3.73. The number of halogens is 1. The van der Waals surface area contributed by atoms with Gasteiger partial charge in [0.2, 0.25) is 0 Å². The van der Waals surface area contributed by atoms with Gasteiger partial charge in [-0.2, -0.15) is 0 Å². The molecule has 3 heteroatoms. The molecule has 0 atom stereocenters. The van der Waals surface area contributed by atoms with Crippen LogP contribution in [-0.2, 0) is 9.53 Å². The van der Waals surface area contributed by atoms with Crippen LogP contribution in [0.25, 0.3) is 0 Å². The van der Waals surface area contributed by atoms with E-state index in [1.54, 1.807) is 0 Å². The van der Waals surface area contributed by atoms with Gasteiger partial charge in [-0.05, 0) is 12.3 Å². The second kappa shape index (κ2) is 4.95. The summed E-state index contributed by atoms with van der Waals surface area (Å²) in [4.78, 5) is 11.0. The molecule has 0 spiro atoms. The van der Waals surface area contributed by atoms with Crippen molar-refractivity contribution in [3.8, 4) is 0 Å². The molecule has 0 aromatic carbocycles. The Morgan fingerprint density at radius 2 is 2.09 bits per heavy atom. The van der Waals surface area contributed by atoms with Crippen LogP contribution < -0.4 is 0 Å². The molecule has 0 radical (unpaired) electrons. The molecule has 0 aromatic rings. The van der Waals surface area contributed by atoms with E-state index >= 15 is 0 Å². The predicted octanol–water partition coefficient (Wildman–Crippen LogP) is 2.40. The van der Waals surface area contributed by atoms with E-state index in [1.807, 2.05) is 6.92 Å². The molecule has 0 amide bonds. The fourth-order valence-electron chi connectivity index (χ4n) is 0.650. The maximum Gasteiger partial charge on any atom is 0.306 e. The van der Waals surface area contributed by atoms with Crippen LogP contribution in [0.1, 0.15) is 27.2 Å². The van der Waals surface area contributed by atoms with Crippen molar-refractivity contribution in [1.82, 2.24) is 0 Å². The molecule has 0 N–H and O–H groups in total. The fourth-order valence-corrected chi connectivity index (χ4v) is 0.920. The van der Waals surface area contributed by atoms with Crippen molar-refractivity contribution in [2.45, 2.75) is 27.2 Å². The zero-order chi connectivity index (χ0) is 8.91. The normalized spacial score (nSPS) is 11.3. The number of carbonyl (C=O) groups excluding carboxylic acids is 1. The Kier molecular flexibility index (Phi) is 5.04. The highest BCUT2D eigenvalue weighted by atomic mass is 127. The Morgan fingerprint density at radius 3 is 2.45 bits per heavy atom. The van der Waals surface area contributed by atoms with E-state index in [2.05, 4.69) is 36.4 Å². The lowest BCUT2D eigenvalue weighted by Gasteiger charge is -2.19. The summed E-state index contributed by atoms with van der Waals surface area (Å²) in [6.45, 7) is 6.44. The monoisotopic (exact) mass is 270 g/mol. The van der Waals surface area contributed by atoms with Crippen LogP contribution in [0, 0.1) is 5.41 Å². The lowest BCUT2D eigenvalue weighted by Crippen LogP contribution is -2.20. The van der Waals surface area contributed by atoms with E-state index in [4.69, 9.17) is 4.74 Å². The van der Waals surface area contributed by atoms with E-state index in [0.717, 1.165) is 4.43 Å². The van der Waals surface area contributed by atoms with E-state index in [1.165, 1.54) is 0 Å². The third-order valence-corrected chi connectivity index (χ3v) is 3.35. The highest BCUT2D eigenvalue weighted by Crippen LogP contribution is 2.23. The van der Waals surface area contributed by atoms with Gasteiger partial charge in [0.25, 0.3) is 0 Å². The largest absolute Gasteiger partial charge is 0.466 e. The highest BCUT2D eigenvalue weighted by Gasteiger charge is 2.20. The first-order valence-corrected chi connectivity index (χ1v) is 5.26. The molecule has 0 aliphatic carbocycles. The van der Waals surface area contributed by atoms with Crippen molar-refractivity contribution in [3.05, 3.63) is 0 Å². The Bertz CT molecular complexity index is 132. The van der Waals surface area contributed by atoms with Crippen LogP contribution in [-0.4, -0.2) is 17.0 Å². The average Bonchev–Trinajstić information content (AvgIpc) is 1.87. The maximum atomic E-state index is 11.0. The van der Waals surface area contributed by atoms with Crippen molar-refractivity contribution in [3.63, 3.8) is 0 Å². The minimum atomic E-state index is -0.0887. The third kappa shape index (κ3) is 5.47. The summed E-state index contributed by atoms with van der Waals surface area (Å²) in [5.41, 5.74) is 0.0762. The SMILES string of the molecule is CCOC(=O)CC(C)(C)CI. The lowest BCUT2D eigenvalue weighted by molar-refractivity contribution is -0.145. The zero-order valence-corrected chi connectivity index (χ0v) is 9.47. The van der Waals surface area contributed by atoms with Gasteiger partial charge in [-0.1, -0.05) is 36.4 Å². The second-order valence-corrected chi connectivity index (χ2v) is 4.04. The number of hydrogen-bond donors (Lipinski definition) is 0. The standard InChI is InChI=1S/C8H15IO2/c1-4-11-7(10)5-8(2,3)6-9/h4-6H2,1-3H3. The van der Waals surface area contributed by atoms with Gasteiger partial charge in [0, 0.05) is 4.43 Å². The minimum absolute atomic E-state index is 0.0762. The van der Waals surface area contributed by atoms with Crippen LogP contribution in [0.5, 0.6) is 0 Å². The van der Waals surface area contributed by atoms with Crippen LogP contribution in [0.2, 0.25) is 0 Å². The molecule has 0 unspecified atom stereocenters. The van der Waals surface area contributed by atoms with Gasteiger partial charge in [0.05, 0.1) is 13.0 Å². The quantitative estimate of drug-likeness (QED) is 0.445. The second-order valence-electron chi connectivity index (χ2n) is 3.28. The molecule has 0 fully saturated rings. The Hall–Kier alpha value is 0.200. The van der Waals surface area contributed by atoms with Gasteiger partial charge in [-0.25, -0.2) is 0 Å². The summed E-state index contributed by atoms with van der Waals surface area (Å²) >= 11 is 2.28. The van der Waals surface area contributed by atoms with Crippen molar-refractivity contribution < 1.29 is 9.53 Å². The van der Waals surface area contributed by atoms with Crippen LogP contribution in [0.15, 0.2) is 0 Å². The Labute approximate surface area is 81.8 Å². The predicted molar refractivity (Wildman–Crippen MR) is 53.9 cm³/mol. The van der Waals surface area contributed by atoms with Crippen molar-refractivity contribution in [2.75, 3.05) is 11.0 Å². The molecule has 0 saturated heterocycles. The molecule has 11 heavy (non-hydrogen) atoms. The molecule has 0 saturated carbocycles. The Balaban J connectivity index is 3.74. The van der Waals surface area contributed by atoms with Crippen LogP contribution in [0.4, 0.5) is 0 Å². The molecule has 2 nitrogen and oxygen atoms in total. The van der Waals surface area contributed by atoms with Gasteiger partial charge in [-0.15, -0.1) is 0 Å². The van der Waals surface area contributed by atoms with Crippen molar-refractivity contribution in [1.29, 1.82) is 0 Å². The Morgan fingerprint density at radius 1 is 1.55 bits per heavy atom. The van der Waals surface area contributed by atoms with Crippen molar-refractivity contribution in [2.24, 2.45) is 5.41 Å². The summed E-state index contributed by atoms with van der Waals surface area (Å²) in [5.74, 6) is -0.0887. The summed E-state index contributed by atoms with van der Waals surface area (Å²) in [5, 5.41) is 0.